The lowest BCUT2D eigenvalue weighted by atomic mass is 10.1. The second-order valence-corrected chi connectivity index (χ2v) is 6.53. The highest BCUT2D eigenvalue weighted by atomic mass is 16.5. The fraction of sp³-hybridized carbons (Fsp3) is 0.444. The van der Waals surface area contributed by atoms with Crippen LogP contribution in [0.1, 0.15) is 33.9 Å². The van der Waals surface area contributed by atoms with E-state index in [0.29, 0.717) is 34.7 Å². The smallest absolute Gasteiger partial charge is 0.341 e. The van der Waals surface area contributed by atoms with Gasteiger partial charge in [-0.1, -0.05) is 0 Å². The van der Waals surface area contributed by atoms with Crippen molar-refractivity contribution in [3.8, 4) is 0 Å². The van der Waals surface area contributed by atoms with Crippen LogP contribution >= 0.6 is 0 Å². The lowest BCUT2D eigenvalue weighted by Crippen LogP contribution is -2.39. The van der Waals surface area contributed by atoms with Gasteiger partial charge in [-0.25, -0.2) is 14.6 Å². The molecule has 0 spiro atoms. The molecule has 0 unspecified atom stereocenters. The van der Waals surface area contributed by atoms with E-state index in [1.807, 2.05) is 0 Å². The van der Waals surface area contributed by atoms with Gasteiger partial charge >= 0.3 is 11.7 Å². The Labute approximate surface area is 154 Å². The number of aromatic nitrogens is 4. The summed E-state index contributed by atoms with van der Waals surface area (Å²) in [5.41, 5.74) is 1.03. The van der Waals surface area contributed by atoms with Gasteiger partial charge in [0.2, 0.25) is 0 Å². The normalized spacial score (nSPS) is 11.3. The van der Waals surface area contributed by atoms with Crippen molar-refractivity contribution in [2.24, 2.45) is 14.1 Å². The summed E-state index contributed by atoms with van der Waals surface area (Å²) >= 11 is 0. The number of hydrogen-bond acceptors (Lipinski definition) is 6. The van der Waals surface area contributed by atoms with Gasteiger partial charge in [0.25, 0.3) is 5.56 Å². The van der Waals surface area contributed by atoms with Gasteiger partial charge in [-0.15, -0.1) is 0 Å². The number of carbonyl (C=O) groups is 1. The van der Waals surface area contributed by atoms with Gasteiger partial charge in [-0.2, -0.15) is 0 Å². The molecule has 0 aliphatic carbocycles. The molecule has 3 heterocycles. The Kier molecular flexibility index (Phi) is 4.77. The predicted molar refractivity (Wildman–Crippen MR) is 98.0 cm³/mol. The minimum Gasteiger partial charge on any atom is -0.465 e. The Hall–Kier alpha value is -3.10. The minimum absolute atomic E-state index is 0.0843. The van der Waals surface area contributed by atoms with E-state index < -0.39 is 17.2 Å². The zero-order valence-electron chi connectivity index (χ0n) is 16.0. The molecule has 0 saturated carbocycles. The summed E-state index contributed by atoms with van der Waals surface area (Å²) < 4.78 is 14.8. The van der Waals surface area contributed by atoms with Crippen molar-refractivity contribution in [2.75, 3.05) is 6.61 Å². The third kappa shape index (κ3) is 3.09. The highest BCUT2D eigenvalue weighted by Crippen LogP contribution is 2.21. The largest absolute Gasteiger partial charge is 0.465 e. The summed E-state index contributed by atoms with van der Waals surface area (Å²) in [7, 11) is 3.27. The molecule has 0 aliphatic heterocycles. The minimum atomic E-state index is -0.468. The molecule has 0 amide bonds. The molecule has 3 aromatic rings. The lowest BCUT2D eigenvalue weighted by molar-refractivity contribution is 0.0492. The number of rotatable bonds is 5. The first-order chi connectivity index (χ1) is 12.7. The van der Waals surface area contributed by atoms with Crippen LogP contribution in [0.15, 0.2) is 20.3 Å². The van der Waals surface area contributed by atoms with Crippen LogP contribution in [0.25, 0.3) is 11.2 Å². The average molecular weight is 374 g/mol. The van der Waals surface area contributed by atoms with E-state index in [-0.39, 0.29) is 13.2 Å². The molecule has 0 bridgehead atoms. The maximum atomic E-state index is 12.6. The van der Waals surface area contributed by atoms with Crippen LogP contribution in [0, 0.1) is 20.8 Å². The number of hydrogen-bond donors (Lipinski definition) is 0. The van der Waals surface area contributed by atoms with Gasteiger partial charge in [0, 0.05) is 26.2 Å². The second-order valence-electron chi connectivity index (χ2n) is 6.53. The van der Waals surface area contributed by atoms with E-state index >= 15 is 0 Å². The summed E-state index contributed by atoms with van der Waals surface area (Å²) in [6.07, 6.45) is 1.83. The molecule has 0 N–H and O–H groups in total. The van der Waals surface area contributed by atoms with E-state index in [1.165, 1.54) is 10.9 Å². The Morgan fingerprint density at radius 2 is 1.89 bits per heavy atom. The zero-order chi connectivity index (χ0) is 19.9. The van der Waals surface area contributed by atoms with Crippen LogP contribution in [-0.4, -0.2) is 31.3 Å². The van der Waals surface area contributed by atoms with E-state index in [2.05, 4.69) is 4.98 Å². The molecule has 144 valence electrons. The maximum absolute atomic E-state index is 12.6. The van der Waals surface area contributed by atoms with Crippen LogP contribution < -0.4 is 11.2 Å². The summed E-state index contributed by atoms with van der Waals surface area (Å²) in [6.45, 7) is 5.52. The van der Waals surface area contributed by atoms with Crippen molar-refractivity contribution in [1.29, 1.82) is 0 Å². The number of aryl methyl sites for hydroxylation is 4. The number of nitrogens with zero attached hydrogens (tertiary/aromatic N) is 4. The molecular formula is C18H22N4O5. The van der Waals surface area contributed by atoms with Gasteiger partial charge in [0.1, 0.15) is 17.1 Å². The molecule has 3 aromatic heterocycles. The van der Waals surface area contributed by atoms with Gasteiger partial charge in [0.05, 0.1) is 12.9 Å². The first-order valence-corrected chi connectivity index (χ1v) is 8.58. The predicted octanol–water partition coefficient (Wildman–Crippen LogP) is 1.20. The number of esters is 1. The van der Waals surface area contributed by atoms with Crippen LogP contribution in [-0.2, 0) is 25.4 Å². The topological polar surface area (TPSA) is 101 Å². The number of fused-ring (bicyclic) bond motifs is 1. The second kappa shape index (κ2) is 6.90. The van der Waals surface area contributed by atoms with Crippen molar-refractivity contribution in [1.82, 2.24) is 18.7 Å². The van der Waals surface area contributed by atoms with E-state index in [4.69, 9.17) is 9.15 Å². The van der Waals surface area contributed by atoms with Gasteiger partial charge in [0.15, 0.2) is 11.2 Å². The van der Waals surface area contributed by atoms with E-state index in [9.17, 15) is 14.4 Å². The SMILES string of the molecule is Cc1oc(C)c(C(=O)OCCCn2c(=O)c3c(ncn3C)n(C)c2=O)c1C. The molecule has 0 fully saturated rings. The third-order valence-electron chi connectivity index (χ3n) is 4.73. The third-order valence-corrected chi connectivity index (χ3v) is 4.73. The first-order valence-electron chi connectivity index (χ1n) is 8.58. The zero-order valence-corrected chi connectivity index (χ0v) is 16.0. The first kappa shape index (κ1) is 18.7. The van der Waals surface area contributed by atoms with Crippen LogP contribution in [0.5, 0.6) is 0 Å². The number of ether oxygens (including phenoxy) is 1. The van der Waals surface area contributed by atoms with Crippen LogP contribution in [0.3, 0.4) is 0 Å². The van der Waals surface area contributed by atoms with Gasteiger partial charge < -0.3 is 13.7 Å². The molecule has 0 saturated heterocycles. The standard InChI is InChI=1S/C18H22N4O5/c1-10-11(2)27-12(3)13(10)17(24)26-8-6-7-22-16(23)14-15(19-9-20(14)4)21(5)18(22)25/h9H,6-8H2,1-5H3. The molecule has 9 nitrogen and oxygen atoms in total. The van der Waals surface area contributed by atoms with Gasteiger partial charge in [-0.05, 0) is 27.2 Å². The van der Waals surface area contributed by atoms with Gasteiger partial charge in [-0.3, -0.25) is 13.9 Å². The van der Waals surface area contributed by atoms with Crippen LogP contribution in [0.2, 0.25) is 0 Å². The van der Waals surface area contributed by atoms with E-state index in [1.54, 1.807) is 39.4 Å². The fourth-order valence-electron chi connectivity index (χ4n) is 3.15. The number of imidazole rings is 1. The van der Waals surface area contributed by atoms with Crippen molar-refractivity contribution in [3.63, 3.8) is 0 Å². The highest BCUT2D eigenvalue weighted by Gasteiger charge is 2.20. The Balaban J connectivity index is 1.73. The number of carbonyl (C=O) groups excluding carboxylic acids is 1. The Morgan fingerprint density at radius 3 is 2.52 bits per heavy atom. The highest BCUT2D eigenvalue weighted by molar-refractivity contribution is 5.92. The Morgan fingerprint density at radius 1 is 1.19 bits per heavy atom. The molecule has 3 rings (SSSR count). The quantitative estimate of drug-likeness (QED) is 0.491. The lowest BCUT2D eigenvalue weighted by Gasteiger charge is -2.09. The van der Waals surface area contributed by atoms with Crippen LogP contribution in [0.4, 0.5) is 0 Å². The molecule has 0 atom stereocenters. The molecule has 9 heteroatoms. The Bertz CT molecular complexity index is 1150. The van der Waals surface area contributed by atoms with Crippen molar-refractivity contribution in [2.45, 2.75) is 33.7 Å². The number of furan rings is 1. The van der Waals surface area contributed by atoms with Crippen molar-refractivity contribution >= 4 is 17.1 Å². The summed E-state index contributed by atoms with van der Waals surface area (Å²) in [6, 6.07) is 0. The summed E-state index contributed by atoms with van der Waals surface area (Å²) in [5, 5.41) is 0. The van der Waals surface area contributed by atoms with E-state index in [0.717, 1.165) is 10.1 Å². The molecule has 0 aliphatic rings. The maximum Gasteiger partial charge on any atom is 0.341 e. The molecule has 27 heavy (non-hydrogen) atoms. The van der Waals surface area contributed by atoms with Crippen molar-refractivity contribution < 1.29 is 13.9 Å². The summed E-state index contributed by atoms with van der Waals surface area (Å²) in [4.78, 5) is 41.3. The fourth-order valence-corrected chi connectivity index (χ4v) is 3.15. The molecule has 0 radical (unpaired) electrons. The monoisotopic (exact) mass is 374 g/mol. The average Bonchev–Trinajstić information content (AvgIpc) is 3.12. The summed E-state index contributed by atoms with van der Waals surface area (Å²) in [5.74, 6) is 0.727. The molecule has 0 aromatic carbocycles. The molecular weight excluding hydrogens is 352 g/mol. The van der Waals surface area contributed by atoms with Crippen molar-refractivity contribution in [3.05, 3.63) is 49.8 Å².